The molecule has 0 aromatic heterocycles. The highest BCUT2D eigenvalue weighted by Gasteiger charge is 2.36. The molecule has 0 aliphatic carbocycles. The Morgan fingerprint density at radius 3 is 2.30 bits per heavy atom. The second kappa shape index (κ2) is 10.3. The summed E-state index contributed by atoms with van der Waals surface area (Å²) in [6.07, 6.45) is 1.62. The molecule has 8 heteroatoms. The summed E-state index contributed by atoms with van der Waals surface area (Å²) in [7, 11) is 0. The number of nitrogens with zero attached hydrogens (tertiary/aromatic N) is 1. The van der Waals surface area contributed by atoms with Crippen molar-refractivity contribution in [2.24, 2.45) is 0 Å². The molecular formula is C25H17Cl2NO4S. The first-order valence-corrected chi connectivity index (χ1v) is 11.5. The molecule has 1 aliphatic heterocycles. The van der Waals surface area contributed by atoms with E-state index in [2.05, 4.69) is 0 Å². The van der Waals surface area contributed by atoms with Crippen molar-refractivity contribution in [3.8, 4) is 5.75 Å². The van der Waals surface area contributed by atoms with Crippen LogP contribution in [0.25, 0.3) is 6.08 Å². The maximum absolute atomic E-state index is 12.8. The topological polar surface area (TPSA) is 63.7 Å². The lowest BCUT2D eigenvalue weighted by Crippen LogP contribution is -2.33. The van der Waals surface area contributed by atoms with Crippen LogP contribution in [0, 0.1) is 0 Å². The van der Waals surface area contributed by atoms with Crippen molar-refractivity contribution in [1.82, 2.24) is 4.90 Å². The standard InChI is InChI=1S/C25H17Cl2NO4S/c26-19-8-4-16(5-9-19)15-32-21-3-1-2-17(12-21)13-23-24(30)28(25(31)33-23)14-22(29)18-6-10-20(27)11-7-18/h1-13H,14-15H2/b23-13+. The molecule has 0 N–H and O–H groups in total. The molecule has 0 radical (unpaired) electrons. The lowest BCUT2D eigenvalue weighted by molar-refractivity contribution is -0.122. The number of carbonyl (C=O) groups is 3. The molecule has 5 nitrogen and oxygen atoms in total. The monoisotopic (exact) mass is 497 g/mol. The lowest BCUT2D eigenvalue weighted by Gasteiger charge is -2.11. The van der Waals surface area contributed by atoms with Gasteiger partial charge >= 0.3 is 0 Å². The van der Waals surface area contributed by atoms with Crippen molar-refractivity contribution in [3.05, 3.63) is 104 Å². The van der Waals surface area contributed by atoms with E-state index in [9.17, 15) is 14.4 Å². The van der Waals surface area contributed by atoms with E-state index in [1.807, 2.05) is 24.3 Å². The first kappa shape index (κ1) is 23.1. The number of imide groups is 1. The number of rotatable bonds is 7. The summed E-state index contributed by atoms with van der Waals surface area (Å²) in [5.41, 5.74) is 2.06. The normalized spacial score (nSPS) is 14.7. The molecule has 1 fully saturated rings. The zero-order valence-corrected chi connectivity index (χ0v) is 19.5. The Morgan fingerprint density at radius 2 is 1.61 bits per heavy atom. The van der Waals surface area contributed by atoms with E-state index in [-0.39, 0.29) is 17.2 Å². The van der Waals surface area contributed by atoms with Gasteiger partial charge in [0, 0.05) is 15.6 Å². The summed E-state index contributed by atoms with van der Waals surface area (Å²) >= 11 is 12.5. The number of amides is 2. The van der Waals surface area contributed by atoms with Crippen molar-refractivity contribution >= 4 is 58.0 Å². The summed E-state index contributed by atoms with van der Waals surface area (Å²) in [5, 5.41) is 0.674. The number of carbonyl (C=O) groups excluding carboxylic acids is 3. The minimum atomic E-state index is -0.500. The van der Waals surface area contributed by atoms with Crippen LogP contribution in [0.3, 0.4) is 0 Å². The number of Topliss-reactive ketones (excluding diaryl/α,β-unsaturated/α-hetero) is 1. The van der Waals surface area contributed by atoms with Crippen LogP contribution < -0.4 is 4.74 Å². The van der Waals surface area contributed by atoms with Crippen LogP contribution in [0.1, 0.15) is 21.5 Å². The Labute approximate surface area is 204 Å². The van der Waals surface area contributed by atoms with E-state index < -0.39 is 11.1 Å². The largest absolute Gasteiger partial charge is 0.489 e. The van der Waals surface area contributed by atoms with Gasteiger partial charge < -0.3 is 4.74 Å². The van der Waals surface area contributed by atoms with E-state index in [1.54, 1.807) is 54.6 Å². The minimum absolute atomic E-state index is 0.249. The first-order valence-electron chi connectivity index (χ1n) is 9.90. The SMILES string of the molecule is O=C(CN1C(=O)S/C(=C/c2cccc(OCc3ccc(Cl)cc3)c2)C1=O)c1ccc(Cl)cc1. The summed E-state index contributed by atoms with van der Waals surface area (Å²) in [4.78, 5) is 38.8. The second-order valence-corrected chi connectivity index (χ2v) is 9.05. The van der Waals surface area contributed by atoms with Gasteiger partial charge in [-0.25, -0.2) is 0 Å². The highest BCUT2D eigenvalue weighted by atomic mass is 35.5. The Balaban J connectivity index is 1.43. The van der Waals surface area contributed by atoms with E-state index in [0.717, 1.165) is 22.2 Å². The summed E-state index contributed by atoms with van der Waals surface area (Å²) in [6, 6.07) is 20.9. The number of hydrogen-bond acceptors (Lipinski definition) is 5. The Morgan fingerprint density at radius 1 is 0.939 bits per heavy atom. The van der Waals surface area contributed by atoms with Crippen molar-refractivity contribution in [2.45, 2.75) is 6.61 Å². The smallest absolute Gasteiger partial charge is 0.293 e. The number of halogens is 2. The van der Waals surface area contributed by atoms with Gasteiger partial charge in [0.05, 0.1) is 11.4 Å². The Hall–Kier alpha value is -3.06. The molecule has 33 heavy (non-hydrogen) atoms. The molecule has 0 spiro atoms. The summed E-state index contributed by atoms with van der Waals surface area (Å²) in [6.45, 7) is 0.0395. The van der Waals surface area contributed by atoms with Crippen LogP contribution >= 0.6 is 35.0 Å². The van der Waals surface area contributed by atoms with E-state index in [1.165, 1.54) is 0 Å². The quantitative estimate of drug-likeness (QED) is 0.275. The van der Waals surface area contributed by atoms with Gasteiger partial charge in [-0.15, -0.1) is 0 Å². The molecule has 166 valence electrons. The van der Waals surface area contributed by atoms with Crippen LogP contribution in [0.4, 0.5) is 4.79 Å². The fourth-order valence-corrected chi connectivity index (χ4v) is 4.19. The molecule has 1 saturated heterocycles. The highest BCUT2D eigenvalue weighted by molar-refractivity contribution is 8.18. The minimum Gasteiger partial charge on any atom is -0.489 e. The van der Waals surface area contributed by atoms with Crippen LogP contribution in [0.15, 0.2) is 77.7 Å². The van der Waals surface area contributed by atoms with Crippen molar-refractivity contribution in [2.75, 3.05) is 6.54 Å². The average molecular weight is 498 g/mol. The predicted molar refractivity (Wildman–Crippen MR) is 131 cm³/mol. The maximum atomic E-state index is 12.8. The predicted octanol–water partition coefficient (Wildman–Crippen LogP) is 6.49. The number of thioether (sulfide) groups is 1. The molecular weight excluding hydrogens is 481 g/mol. The Bertz CT molecular complexity index is 1240. The van der Waals surface area contributed by atoms with Gasteiger partial charge in [-0.05, 0) is 77.5 Å². The third-order valence-electron chi connectivity index (χ3n) is 4.82. The van der Waals surface area contributed by atoms with Crippen LogP contribution in [-0.4, -0.2) is 28.4 Å². The molecule has 4 rings (SSSR count). The van der Waals surface area contributed by atoms with Gasteiger partial charge in [-0.2, -0.15) is 0 Å². The summed E-state index contributed by atoms with van der Waals surface area (Å²) < 4.78 is 5.82. The first-order chi connectivity index (χ1) is 15.9. The van der Waals surface area contributed by atoms with Gasteiger partial charge in [-0.1, -0.05) is 47.5 Å². The van der Waals surface area contributed by atoms with Crippen molar-refractivity contribution < 1.29 is 19.1 Å². The lowest BCUT2D eigenvalue weighted by atomic mass is 10.1. The van der Waals surface area contributed by atoms with Crippen LogP contribution in [0.2, 0.25) is 10.0 Å². The molecule has 0 saturated carbocycles. The molecule has 3 aromatic carbocycles. The zero-order valence-electron chi connectivity index (χ0n) is 17.2. The number of benzene rings is 3. The zero-order chi connectivity index (χ0) is 23.4. The van der Waals surface area contributed by atoms with Gasteiger partial charge in [0.1, 0.15) is 12.4 Å². The van der Waals surface area contributed by atoms with Crippen LogP contribution in [0.5, 0.6) is 5.75 Å². The third kappa shape index (κ3) is 5.85. The van der Waals surface area contributed by atoms with Crippen LogP contribution in [-0.2, 0) is 11.4 Å². The number of ether oxygens (including phenoxy) is 1. The van der Waals surface area contributed by atoms with Gasteiger partial charge in [0.15, 0.2) is 5.78 Å². The molecule has 3 aromatic rings. The molecule has 0 unspecified atom stereocenters. The maximum Gasteiger partial charge on any atom is 0.293 e. The molecule has 1 heterocycles. The second-order valence-electron chi connectivity index (χ2n) is 7.19. The van der Waals surface area contributed by atoms with E-state index >= 15 is 0 Å². The Kier molecular flexibility index (Phi) is 7.18. The third-order valence-corrected chi connectivity index (χ3v) is 6.23. The average Bonchev–Trinajstić information content (AvgIpc) is 3.06. The van der Waals surface area contributed by atoms with E-state index in [4.69, 9.17) is 27.9 Å². The molecule has 0 atom stereocenters. The van der Waals surface area contributed by atoms with Crippen molar-refractivity contribution in [1.29, 1.82) is 0 Å². The van der Waals surface area contributed by atoms with Gasteiger partial charge in [0.25, 0.3) is 11.1 Å². The highest BCUT2D eigenvalue weighted by Crippen LogP contribution is 2.33. The number of ketones is 1. The van der Waals surface area contributed by atoms with Gasteiger partial charge in [-0.3, -0.25) is 19.3 Å². The van der Waals surface area contributed by atoms with Crippen molar-refractivity contribution in [3.63, 3.8) is 0 Å². The number of hydrogen-bond donors (Lipinski definition) is 0. The molecule has 2 amide bonds. The van der Waals surface area contributed by atoms with Gasteiger partial charge in [0.2, 0.25) is 0 Å². The summed E-state index contributed by atoms with van der Waals surface area (Å²) in [5.74, 6) is -0.219. The molecule has 0 bridgehead atoms. The molecule has 1 aliphatic rings. The van der Waals surface area contributed by atoms with E-state index in [0.29, 0.717) is 33.5 Å². The fourth-order valence-electron chi connectivity index (χ4n) is 3.10. The fraction of sp³-hybridized carbons (Fsp3) is 0.0800.